The van der Waals surface area contributed by atoms with Crippen LogP contribution in [0.25, 0.3) is 0 Å². The molecule has 3 heteroatoms. The average Bonchev–Trinajstić information content (AvgIpc) is 2.60. The van der Waals surface area contributed by atoms with E-state index in [1.807, 2.05) is 36.9 Å². The molecular formula is C13H18O2S. The molecule has 0 radical (unpaired) electrons. The number of hydrogen-bond donors (Lipinski definition) is 1. The van der Waals surface area contributed by atoms with Gasteiger partial charge in [-0.2, -0.15) is 11.8 Å². The molecule has 1 aliphatic heterocycles. The van der Waals surface area contributed by atoms with Gasteiger partial charge >= 0.3 is 0 Å². The van der Waals surface area contributed by atoms with E-state index in [1.165, 1.54) is 0 Å². The monoisotopic (exact) mass is 238 g/mol. The van der Waals surface area contributed by atoms with Gasteiger partial charge in [0.25, 0.3) is 0 Å². The van der Waals surface area contributed by atoms with Crippen molar-refractivity contribution in [2.45, 2.75) is 31.1 Å². The molecule has 0 spiro atoms. The standard InChI is InChI=1S/C13H18O2S/c1-9-4-5-12(15-3)11(8-9)13(14)6-7-16-10(13)2/h4-5,8,10,14H,6-7H2,1-3H3. The fraction of sp³-hybridized carbons (Fsp3) is 0.538. The van der Waals surface area contributed by atoms with E-state index in [4.69, 9.17) is 4.74 Å². The number of methoxy groups -OCH3 is 1. The minimum absolute atomic E-state index is 0.225. The summed E-state index contributed by atoms with van der Waals surface area (Å²) in [5.74, 6) is 1.80. The zero-order valence-corrected chi connectivity index (χ0v) is 10.8. The second-order valence-corrected chi connectivity index (χ2v) is 5.84. The van der Waals surface area contributed by atoms with Gasteiger partial charge in [0.15, 0.2) is 0 Å². The molecule has 1 heterocycles. The van der Waals surface area contributed by atoms with Gasteiger partial charge in [0, 0.05) is 10.8 Å². The first-order valence-corrected chi connectivity index (χ1v) is 6.62. The Balaban J connectivity index is 2.49. The zero-order valence-electron chi connectivity index (χ0n) is 9.99. The summed E-state index contributed by atoms with van der Waals surface area (Å²) < 4.78 is 5.36. The van der Waals surface area contributed by atoms with Gasteiger partial charge in [0.2, 0.25) is 0 Å². The Morgan fingerprint density at radius 2 is 2.25 bits per heavy atom. The summed E-state index contributed by atoms with van der Waals surface area (Å²) in [6.07, 6.45) is 0.804. The third-order valence-electron chi connectivity index (χ3n) is 3.34. The fourth-order valence-corrected chi connectivity index (χ4v) is 3.55. The van der Waals surface area contributed by atoms with Crippen LogP contribution in [0.5, 0.6) is 5.75 Å². The quantitative estimate of drug-likeness (QED) is 0.859. The normalized spacial score (nSPS) is 29.4. The summed E-state index contributed by atoms with van der Waals surface area (Å²) in [7, 11) is 1.66. The van der Waals surface area contributed by atoms with E-state index in [1.54, 1.807) is 7.11 Å². The number of benzene rings is 1. The van der Waals surface area contributed by atoms with Gasteiger partial charge in [-0.3, -0.25) is 0 Å². The number of hydrogen-bond acceptors (Lipinski definition) is 3. The Morgan fingerprint density at radius 1 is 1.50 bits per heavy atom. The lowest BCUT2D eigenvalue weighted by atomic mass is 9.87. The van der Waals surface area contributed by atoms with Gasteiger partial charge in [-0.25, -0.2) is 0 Å². The van der Waals surface area contributed by atoms with Crippen LogP contribution in [0.4, 0.5) is 0 Å². The summed E-state index contributed by atoms with van der Waals surface area (Å²) >= 11 is 1.82. The van der Waals surface area contributed by atoms with Crippen molar-refractivity contribution in [1.29, 1.82) is 0 Å². The molecule has 88 valence electrons. The minimum atomic E-state index is -0.734. The van der Waals surface area contributed by atoms with E-state index in [0.29, 0.717) is 0 Å². The first kappa shape index (κ1) is 11.8. The molecule has 2 unspecified atom stereocenters. The van der Waals surface area contributed by atoms with Crippen molar-refractivity contribution >= 4 is 11.8 Å². The molecular weight excluding hydrogens is 220 g/mol. The van der Waals surface area contributed by atoms with Crippen LogP contribution in [0.2, 0.25) is 0 Å². The highest BCUT2D eigenvalue weighted by atomic mass is 32.2. The molecule has 2 nitrogen and oxygen atoms in total. The number of rotatable bonds is 2. The third kappa shape index (κ3) is 1.82. The van der Waals surface area contributed by atoms with Crippen molar-refractivity contribution in [1.82, 2.24) is 0 Å². The number of aryl methyl sites for hydroxylation is 1. The Kier molecular flexibility index (Phi) is 3.17. The Bertz CT molecular complexity index is 392. The maximum atomic E-state index is 10.8. The second kappa shape index (κ2) is 4.30. The Morgan fingerprint density at radius 3 is 2.81 bits per heavy atom. The Hall–Kier alpha value is -0.670. The van der Waals surface area contributed by atoms with Gasteiger partial charge in [0.1, 0.15) is 11.4 Å². The highest BCUT2D eigenvalue weighted by molar-refractivity contribution is 8.00. The van der Waals surface area contributed by atoms with Gasteiger partial charge in [0.05, 0.1) is 7.11 Å². The lowest BCUT2D eigenvalue weighted by Crippen LogP contribution is -2.32. The lowest BCUT2D eigenvalue weighted by Gasteiger charge is -2.29. The number of ether oxygens (including phenoxy) is 1. The number of thioether (sulfide) groups is 1. The van der Waals surface area contributed by atoms with Gasteiger partial charge in [-0.05, 0) is 31.2 Å². The first-order valence-electron chi connectivity index (χ1n) is 5.57. The predicted molar refractivity (Wildman–Crippen MR) is 68.2 cm³/mol. The van der Waals surface area contributed by atoms with E-state index in [9.17, 15) is 5.11 Å². The topological polar surface area (TPSA) is 29.5 Å². The molecule has 1 saturated heterocycles. The average molecular weight is 238 g/mol. The molecule has 1 aliphatic rings. The maximum absolute atomic E-state index is 10.8. The molecule has 1 fully saturated rings. The first-order chi connectivity index (χ1) is 7.58. The molecule has 16 heavy (non-hydrogen) atoms. The van der Waals surface area contributed by atoms with E-state index >= 15 is 0 Å². The van der Waals surface area contributed by atoms with Crippen molar-refractivity contribution < 1.29 is 9.84 Å². The summed E-state index contributed by atoms with van der Waals surface area (Å²) in [5.41, 5.74) is 1.36. The van der Waals surface area contributed by atoms with E-state index in [2.05, 4.69) is 6.92 Å². The van der Waals surface area contributed by atoms with Crippen LogP contribution in [0, 0.1) is 6.92 Å². The number of aliphatic hydroxyl groups is 1. The summed E-state index contributed by atoms with van der Waals surface area (Å²) in [6.45, 7) is 4.12. The summed E-state index contributed by atoms with van der Waals surface area (Å²) in [5, 5.41) is 11.0. The minimum Gasteiger partial charge on any atom is -0.496 e. The van der Waals surface area contributed by atoms with Crippen molar-refractivity contribution in [3.05, 3.63) is 29.3 Å². The molecule has 0 amide bonds. The SMILES string of the molecule is COc1ccc(C)cc1C1(O)CCSC1C. The lowest BCUT2D eigenvalue weighted by molar-refractivity contribution is 0.0401. The van der Waals surface area contributed by atoms with Crippen LogP contribution >= 0.6 is 11.8 Å². The molecule has 0 aromatic heterocycles. The maximum Gasteiger partial charge on any atom is 0.125 e. The largest absolute Gasteiger partial charge is 0.496 e. The van der Waals surface area contributed by atoms with E-state index in [-0.39, 0.29) is 5.25 Å². The van der Waals surface area contributed by atoms with Crippen molar-refractivity contribution in [3.63, 3.8) is 0 Å². The highest BCUT2D eigenvalue weighted by Gasteiger charge is 2.42. The zero-order chi connectivity index (χ0) is 11.8. The Labute approximate surface area is 101 Å². The van der Waals surface area contributed by atoms with Crippen LogP contribution in [-0.2, 0) is 5.60 Å². The van der Waals surface area contributed by atoms with Gasteiger partial charge in [-0.1, -0.05) is 18.6 Å². The predicted octanol–water partition coefficient (Wildman–Crippen LogP) is 2.72. The van der Waals surface area contributed by atoms with E-state index < -0.39 is 5.60 Å². The molecule has 2 atom stereocenters. The third-order valence-corrected chi connectivity index (χ3v) is 4.67. The van der Waals surface area contributed by atoms with Crippen LogP contribution in [0.15, 0.2) is 18.2 Å². The van der Waals surface area contributed by atoms with Gasteiger partial charge < -0.3 is 9.84 Å². The smallest absolute Gasteiger partial charge is 0.125 e. The van der Waals surface area contributed by atoms with Crippen LogP contribution in [-0.4, -0.2) is 23.2 Å². The summed E-state index contributed by atoms with van der Waals surface area (Å²) in [6, 6.07) is 6.00. The van der Waals surface area contributed by atoms with Crippen LogP contribution < -0.4 is 4.74 Å². The molecule has 2 rings (SSSR count). The second-order valence-electron chi connectivity index (χ2n) is 4.39. The van der Waals surface area contributed by atoms with Crippen molar-refractivity contribution in [3.8, 4) is 5.75 Å². The van der Waals surface area contributed by atoms with E-state index in [0.717, 1.165) is 29.1 Å². The van der Waals surface area contributed by atoms with Crippen LogP contribution in [0.3, 0.4) is 0 Å². The molecule has 0 aliphatic carbocycles. The molecule has 1 aromatic carbocycles. The molecule has 0 bridgehead atoms. The van der Waals surface area contributed by atoms with Gasteiger partial charge in [-0.15, -0.1) is 0 Å². The van der Waals surface area contributed by atoms with Crippen molar-refractivity contribution in [2.24, 2.45) is 0 Å². The van der Waals surface area contributed by atoms with Crippen LogP contribution in [0.1, 0.15) is 24.5 Å². The highest BCUT2D eigenvalue weighted by Crippen LogP contribution is 2.46. The summed E-state index contributed by atoms with van der Waals surface area (Å²) in [4.78, 5) is 0. The molecule has 1 N–H and O–H groups in total. The van der Waals surface area contributed by atoms with Crippen molar-refractivity contribution in [2.75, 3.05) is 12.9 Å². The fourth-order valence-electron chi connectivity index (χ4n) is 2.25. The molecule has 0 saturated carbocycles. The molecule has 1 aromatic rings.